The Labute approximate surface area is 235 Å². The molecule has 39 heavy (non-hydrogen) atoms. The smallest absolute Gasteiger partial charge is 0.335 e. The third kappa shape index (κ3) is 6.69. The van der Waals surface area contributed by atoms with E-state index in [4.69, 9.17) is 10.1 Å². The zero-order chi connectivity index (χ0) is 27.4. The second-order valence-electron chi connectivity index (χ2n) is 11.0. The number of carbonyl (C=O) groups is 1. The number of rotatable bonds is 9. The van der Waals surface area contributed by atoms with E-state index in [0.717, 1.165) is 40.3 Å². The van der Waals surface area contributed by atoms with Crippen molar-refractivity contribution in [1.82, 2.24) is 4.98 Å². The minimum Gasteiger partial charge on any atom is -0.478 e. The average Bonchev–Trinajstić information content (AvgIpc) is 3.45. The van der Waals surface area contributed by atoms with Crippen molar-refractivity contribution >= 4 is 28.1 Å². The molecule has 0 unspecified atom stereocenters. The lowest BCUT2D eigenvalue weighted by atomic mass is 9.79. The van der Waals surface area contributed by atoms with Crippen LogP contribution in [0.4, 0.5) is 10.8 Å². The minimum absolute atomic E-state index is 0.300. The normalized spacial score (nSPS) is 17.1. The highest BCUT2D eigenvalue weighted by molar-refractivity contribution is 7.14. The molecule has 202 valence electrons. The van der Waals surface area contributed by atoms with Crippen molar-refractivity contribution in [2.45, 2.75) is 51.6 Å². The molecule has 1 aliphatic rings. The lowest BCUT2D eigenvalue weighted by molar-refractivity contribution is 0.0697. The molecular weight excluding hydrogens is 502 g/mol. The van der Waals surface area contributed by atoms with Crippen molar-refractivity contribution in [3.8, 4) is 11.3 Å². The Bertz CT molecular complexity index is 1370. The van der Waals surface area contributed by atoms with Gasteiger partial charge in [-0.3, -0.25) is 0 Å². The van der Waals surface area contributed by atoms with Crippen LogP contribution < -0.4 is 9.80 Å². The predicted octanol–water partition coefficient (Wildman–Crippen LogP) is 8.07. The van der Waals surface area contributed by atoms with Crippen molar-refractivity contribution in [3.63, 3.8) is 0 Å². The van der Waals surface area contributed by atoms with E-state index in [-0.39, 0.29) is 0 Å². The second kappa shape index (κ2) is 12.0. The van der Waals surface area contributed by atoms with Crippen LogP contribution in [0.2, 0.25) is 0 Å². The first-order valence-corrected chi connectivity index (χ1v) is 14.6. The lowest BCUT2D eigenvalue weighted by Gasteiger charge is -2.26. The molecular formula is C33H37N3O2S. The van der Waals surface area contributed by atoms with E-state index >= 15 is 0 Å². The zero-order valence-corrected chi connectivity index (χ0v) is 23.8. The maximum absolute atomic E-state index is 11.1. The standard InChI is InChI=1S/C33H37N3O2S/c1-23-4-10-26(11-5-23)27-12-6-24(7-13-27)20-35(2)30-18-16-28(17-19-30)31-22-39-33(34-31)36(3)21-25-8-14-29(15-9-25)32(37)38/h6-9,12-19,22-23,26H,4-5,10-11,20-21H2,1-3H3,(H,37,38). The first-order chi connectivity index (χ1) is 18.9. The fourth-order valence-electron chi connectivity index (χ4n) is 5.41. The number of hydrogen-bond acceptors (Lipinski definition) is 5. The Morgan fingerprint density at radius 3 is 2.05 bits per heavy atom. The Morgan fingerprint density at radius 2 is 1.44 bits per heavy atom. The van der Waals surface area contributed by atoms with Gasteiger partial charge in [0, 0.05) is 43.8 Å². The molecule has 1 heterocycles. The Balaban J connectivity index is 1.17. The third-order valence-electron chi connectivity index (χ3n) is 7.93. The fraction of sp³-hybridized carbons (Fsp3) is 0.333. The number of hydrogen-bond donors (Lipinski definition) is 1. The summed E-state index contributed by atoms with van der Waals surface area (Å²) in [6.07, 6.45) is 5.36. The van der Waals surface area contributed by atoms with Gasteiger partial charge < -0.3 is 14.9 Å². The highest BCUT2D eigenvalue weighted by atomic mass is 32.1. The Morgan fingerprint density at radius 1 is 0.846 bits per heavy atom. The van der Waals surface area contributed by atoms with E-state index in [1.807, 2.05) is 19.2 Å². The Kier molecular flexibility index (Phi) is 8.32. The molecule has 5 nitrogen and oxygen atoms in total. The molecule has 6 heteroatoms. The molecule has 5 rings (SSSR count). The summed E-state index contributed by atoms with van der Waals surface area (Å²) in [5, 5.41) is 12.1. The van der Waals surface area contributed by atoms with Crippen LogP contribution in [-0.2, 0) is 13.1 Å². The number of thiazole rings is 1. The van der Waals surface area contributed by atoms with Crippen LogP contribution in [0.5, 0.6) is 0 Å². The molecule has 1 N–H and O–H groups in total. The van der Waals surface area contributed by atoms with Gasteiger partial charge in [0.25, 0.3) is 0 Å². The van der Waals surface area contributed by atoms with Crippen LogP contribution in [-0.4, -0.2) is 30.2 Å². The van der Waals surface area contributed by atoms with Gasteiger partial charge in [0.05, 0.1) is 11.3 Å². The number of aromatic carboxylic acids is 1. The van der Waals surface area contributed by atoms with Crippen molar-refractivity contribution in [2.24, 2.45) is 5.92 Å². The fourth-order valence-corrected chi connectivity index (χ4v) is 6.21. The van der Waals surface area contributed by atoms with Crippen molar-refractivity contribution in [3.05, 3.63) is 100 Å². The Hall–Kier alpha value is -3.64. The minimum atomic E-state index is -0.907. The molecule has 1 fully saturated rings. The van der Waals surface area contributed by atoms with Crippen LogP contribution in [0.25, 0.3) is 11.3 Å². The van der Waals surface area contributed by atoms with Gasteiger partial charge in [-0.1, -0.05) is 68.3 Å². The van der Waals surface area contributed by atoms with Gasteiger partial charge >= 0.3 is 5.97 Å². The first-order valence-electron chi connectivity index (χ1n) is 13.7. The van der Waals surface area contributed by atoms with Gasteiger partial charge in [-0.2, -0.15) is 0 Å². The first kappa shape index (κ1) is 26.9. The number of carboxylic acid groups (broad SMARTS) is 1. The number of aromatic nitrogens is 1. The van der Waals surface area contributed by atoms with E-state index in [0.29, 0.717) is 12.1 Å². The van der Waals surface area contributed by atoms with Crippen LogP contribution in [0.3, 0.4) is 0 Å². The summed E-state index contributed by atoms with van der Waals surface area (Å²) in [5.74, 6) is 0.711. The van der Waals surface area contributed by atoms with Crippen molar-refractivity contribution < 1.29 is 9.90 Å². The highest BCUT2D eigenvalue weighted by Gasteiger charge is 2.19. The average molecular weight is 540 g/mol. The molecule has 0 spiro atoms. The van der Waals surface area contributed by atoms with Crippen molar-refractivity contribution in [1.29, 1.82) is 0 Å². The van der Waals surface area contributed by atoms with Crippen LogP contribution in [0, 0.1) is 5.92 Å². The van der Waals surface area contributed by atoms with Gasteiger partial charge in [-0.05, 0) is 65.6 Å². The van der Waals surface area contributed by atoms with Gasteiger partial charge in [0.1, 0.15) is 0 Å². The van der Waals surface area contributed by atoms with Gasteiger partial charge in [0.2, 0.25) is 0 Å². The maximum atomic E-state index is 11.1. The summed E-state index contributed by atoms with van der Waals surface area (Å²) < 4.78 is 0. The van der Waals surface area contributed by atoms with E-state index in [9.17, 15) is 4.79 Å². The van der Waals surface area contributed by atoms with Gasteiger partial charge in [0.15, 0.2) is 5.13 Å². The maximum Gasteiger partial charge on any atom is 0.335 e. The summed E-state index contributed by atoms with van der Waals surface area (Å²) >= 11 is 1.61. The largest absolute Gasteiger partial charge is 0.478 e. The van der Waals surface area contributed by atoms with E-state index in [2.05, 4.69) is 77.7 Å². The third-order valence-corrected chi connectivity index (χ3v) is 8.88. The number of anilines is 2. The molecule has 1 saturated carbocycles. The van der Waals surface area contributed by atoms with Gasteiger partial charge in [-0.25, -0.2) is 9.78 Å². The van der Waals surface area contributed by atoms with E-state index in [1.54, 1.807) is 23.5 Å². The van der Waals surface area contributed by atoms with Gasteiger partial charge in [-0.15, -0.1) is 11.3 Å². The van der Waals surface area contributed by atoms with E-state index < -0.39 is 5.97 Å². The molecule has 0 aliphatic heterocycles. The number of nitrogens with zero attached hydrogens (tertiary/aromatic N) is 3. The van der Waals surface area contributed by atoms with Crippen LogP contribution in [0.15, 0.2) is 78.2 Å². The molecule has 0 atom stereocenters. The molecule has 4 aromatic rings. The topological polar surface area (TPSA) is 56.7 Å². The quantitative estimate of drug-likeness (QED) is 0.233. The molecule has 3 aromatic carbocycles. The molecule has 0 amide bonds. The molecule has 0 saturated heterocycles. The van der Waals surface area contributed by atoms with Crippen LogP contribution >= 0.6 is 11.3 Å². The molecule has 1 aromatic heterocycles. The number of carboxylic acids is 1. The predicted molar refractivity (Wildman–Crippen MR) is 162 cm³/mol. The molecule has 0 bridgehead atoms. The number of benzene rings is 3. The highest BCUT2D eigenvalue weighted by Crippen LogP contribution is 2.35. The van der Waals surface area contributed by atoms with Crippen LogP contribution in [0.1, 0.15) is 65.6 Å². The van der Waals surface area contributed by atoms with E-state index in [1.165, 1.54) is 42.5 Å². The van der Waals surface area contributed by atoms with Crippen molar-refractivity contribution in [2.75, 3.05) is 23.9 Å². The summed E-state index contributed by atoms with van der Waals surface area (Å²) in [5.41, 5.74) is 7.42. The summed E-state index contributed by atoms with van der Waals surface area (Å²) in [7, 11) is 4.15. The lowest BCUT2D eigenvalue weighted by Crippen LogP contribution is -2.16. The monoisotopic (exact) mass is 539 g/mol. The zero-order valence-electron chi connectivity index (χ0n) is 23.0. The summed E-state index contributed by atoms with van der Waals surface area (Å²) in [6, 6.07) is 24.9. The SMILES string of the molecule is CC1CCC(c2ccc(CN(C)c3ccc(-c4csc(N(C)Cc5ccc(C(=O)O)cc5)n4)cc3)cc2)CC1. The molecule has 1 aliphatic carbocycles. The summed E-state index contributed by atoms with van der Waals surface area (Å²) in [6.45, 7) is 3.92. The summed E-state index contributed by atoms with van der Waals surface area (Å²) in [4.78, 5) is 20.3. The molecule has 0 radical (unpaired) electrons. The second-order valence-corrected chi connectivity index (χ2v) is 11.8.